The number of nitrogens with zero attached hydrogens (tertiary/aromatic N) is 1. The molecular formula is C15H17NO3. The van der Waals surface area contributed by atoms with Crippen LogP contribution in [0.15, 0.2) is 41.7 Å². The fourth-order valence-corrected chi connectivity index (χ4v) is 2.44. The van der Waals surface area contributed by atoms with Crippen LogP contribution < -0.4 is 0 Å². The fraction of sp³-hybridized carbons (Fsp3) is 0.333. The minimum Gasteiger partial charge on any atom is -0.512 e. The summed E-state index contributed by atoms with van der Waals surface area (Å²) < 4.78 is 0. The van der Waals surface area contributed by atoms with E-state index in [1.54, 1.807) is 0 Å². The van der Waals surface area contributed by atoms with Crippen LogP contribution in [0.3, 0.4) is 0 Å². The highest BCUT2D eigenvalue weighted by Crippen LogP contribution is 2.25. The van der Waals surface area contributed by atoms with Crippen LogP contribution in [0.4, 0.5) is 0 Å². The van der Waals surface area contributed by atoms with Crippen molar-refractivity contribution < 1.29 is 14.7 Å². The average Bonchev–Trinajstić information content (AvgIpc) is 2.62. The third-order valence-corrected chi connectivity index (χ3v) is 3.37. The Morgan fingerprint density at radius 2 is 1.89 bits per heavy atom. The number of aliphatic hydroxyl groups excluding tert-OH is 1. The van der Waals surface area contributed by atoms with Gasteiger partial charge >= 0.3 is 0 Å². The maximum absolute atomic E-state index is 12.3. The van der Waals surface area contributed by atoms with Crippen LogP contribution in [-0.4, -0.2) is 34.3 Å². The number of benzene rings is 1. The first kappa shape index (κ1) is 13.3. The smallest absolute Gasteiger partial charge is 0.261 e. The molecule has 4 heteroatoms. The Balaban J connectivity index is 2.32. The summed E-state index contributed by atoms with van der Waals surface area (Å²) in [6, 6.07) is 9.07. The summed E-state index contributed by atoms with van der Waals surface area (Å²) in [5.41, 5.74) is 0.937. The van der Waals surface area contributed by atoms with Crippen molar-refractivity contribution >= 4 is 11.7 Å². The molecule has 1 amide bonds. The van der Waals surface area contributed by atoms with Gasteiger partial charge in [-0.15, -0.1) is 0 Å². The van der Waals surface area contributed by atoms with Gasteiger partial charge in [0.1, 0.15) is 11.3 Å². The number of hydrogen-bond acceptors (Lipinski definition) is 3. The van der Waals surface area contributed by atoms with E-state index < -0.39 is 6.04 Å². The molecule has 0 aromatic heterocycles. The minimum atomic E-state index is -0.503. The zero-order valence-corrected chi connectivity index (χ0v) is 11.1. The third kappa shape index (κ3) is 2.38. The van der Waals surface area contributed by atoms with Gasteiger partial charge in [-0.05, 0) is 19.4 Å². The SMILES string of the molecule is CCN1C(=O)/C(=C(/C)O)C(=O)C1Cc1ccccc1. The molecule has 1 heterocycles. The van der Waals surface area contributed by atoms with Crippen LogP contribution in [0.5, 0.6) is 0 Å². The van der Waals surface area contributed by atoms with Crippen molar-refractivity contribution in [3.8, 4) is 0 Å². The van der Waals surface area contributed by atoms with Gasteiger partial charge in [0.15, 0.2) is 5.78 Å². The Kier molecular flexibility index (Phi) is 3.69. The van der Waals surface area contributed by atoms with Crippen molar-refractivity contribution in [1.29, 1.82) is 0 Å². The topological polar surface area (TPSA) is 57.6 Å². The molecule has 1 N–H and O–H groups in total. The molecule has 0 radical (unpaired) electrons. The van der Waals surface area contributed by atoms with E-state index in [9.17, 15) is 14.7 Å². The molecule has 19 heavy (non-hydrogen) atoms. The number of Topliss-reactive ketones (excluding diaryl/α,β-unsaturated/α-hetero) is 1. The molecule has 100 valence electrons. The summed E-state index contributed by atoms with van der Waals surface area (Å²) in [6.45, 7) is 3.67. The second kappa shape index (κ2) is 5.26. The van der Waals surface area contributed by atoms with E-state index in [1.165, 1.54) is 11.8 Å². The monoisotopic (exact) mass is 259 g/mol. The average molecular weight is 259 g/mol. The first-order chi connectivity index (χ1) is 9.06. The molecule has 1 saturated heterocycles. The summed E-state index contributed by atoms with van der Waals surface area (Å²) in [5.74, 6) is -0.840. The van der Waals surface area contributed by atoms with Crippen LogP contribution in [-0.2, 0) is 16.0 Å². The van der Waals surface area contributed by atoms with Crippen molar-refractivity contribution in [2.24, 2.45) is 0 Å². The van der Waals surface area contributed by atoms with E-state index in [-0.39, 0.29) is 23.0 Å². The molecule has 4 nitrogen and oxygen atoms in total. The maximum Gasteiger partial charge on any atom is 0.261 e. The number of ketones is 1. The molecule has 0 saturated carbocycles. The lowest BCUT2D eigenvalue weighted by Crippen LogP contribution is -2.36. The molecule has 0 bridgehead atoms. The Morgan fingerprint density at radius 1 is 1.26 bits per heavy atom. The van der Waals surface area contributed by atoms with Gasteiger partial charge in [0, 0.05) is 13.0 Å². The van der Waals surface area contributed by atoms with Crippen molar-refractivity contribution in [3.05, 3.63) is 47.2 Å². The van der Waals surface area contributed by atoms with Gasteiger partial charge in [-0.1, -0.05) is 30.3 Å². The second-order valence-corrected chi connectivity index (χ2v) is 4.62. The van der Waals surface area contributed by atoms with Crippen molar-refractivity contribution in [1.82, 2.24) is 4.90 Å². The van der Waals surface area contributed by atoms with E-state index in [0.717, 1.165) is 5.56 Å². The molecule has 1 aliphatic heterocycles. The molecule has 1 atom stereocenters. The van der Waals surface area contributed by atoms with Crippen LogP contribution in [0.25, 0.3) is 0 Å². The molecule has 1 unspecified atom stereocenters. The van der Waals surface area contributed by atoms with E-state index in [1.807, 2.05) is 37.3 Å². The first-order valence-electron chi connectivity index (χ1n) is 6.35. The summed E-state index contributed by atoms with van der Waals surface area (Å²) in [6.07, 6.45) is 0.482. The molecule has 0 aliphatic carbocycles. The highest BCUT2D eigenvalue weighted by atomic mass is 16.3. The van der Waals surface area contributed by atoms with Crippen LogP contribution in [0, 0.1) is 0 Å². The lowest BCUT2D eigenvalue weighted by atomic mass is 10.0. The van der Waals surface area contributed by atoms with Crippen molar-refractivity contribution in [2.75, 3.05) is 6.54 Å². The van der Waals surface area contributed by atoms with Gasteiger partial charge in [0.2, 0.25) is 0 Å². The van der Waals surface area contributed by atoms with Gasteiger partial charge in [0.05, 0.1) is 6.04 Å². The maximum atomic E-state index is 12.3. The van der Waals surface area contributed by atoms with Crippen LogP contribution in [0.2, 0.25) is 0 Å². The fourth-order valence-electron chi connectivity index (χ4n) is 2.44. The van der Waals surface area contributed by atoms with E-state index in [4.69, 9.17) is 0 Å². The molecule has 2 rings (SSSR count). The zero-order chi connectivity index (χ0) is 14.0. The number of aliphatic hydroxyl groups is 1. The van der Waals surface area contributed by atoms with Gasteiger partial charge in [0.25, 0.3) is 5.91 Å². The van der Waals surface area contributed by atoms with Crippen molar-refractivity contribution in [3.63, 3.8) is 0 Å². The number of amides is 1. The normalized spacial score (nSPS) is 22.0. The lowest BCUT2D eigenvalue weighted by Gasteiger charge is -2.21. The number of allylic oxidation sites excluding steroid dienone is 1. The summed E-state index contributed by atoms with van der Waals surface area (Å²) >= 11 is 0. The molecule has 1 aliphatic rings. The van der Waals surface area contributed by atoms with Crippen LogP contribution >= 0.6 is 0 Å². The quantitative estimate of drug-likeness (QED) is 0.512. The molecule has 1 aromatic carbocycles. The molecule has 0 spiro atoms. The molecule has 1 aromatic rings. The number of carbonyl (C=O) groups is 2. The largest absolute Gasteiger partial charge is 0.512 e. The predicted molar refractivity (Wildman–Crippen MR) is 71.7 cm³/mol. The Morgan fingerprint density at radius 3 is 2.42 bits per heavy atom. The van der Waals surface area contributed by atoms with Crippen LogP contribution in [0.1, 0.15) is 19.4 Å². The van der Waals surface area contributed by atoms with Crippen molar-refractivity contribution in [2.45, 2.75) is 26.3 Å². The van der Waals surface area contributed by atoms with Gasteiger partial charge in [-0.2, -0.15) is 0 Å². The molecule has 1 fully saturated rings. The third-order valence-electron chi connectivity index (χ3n) is 3.37. The first-order valence-corrected chi connectivity index (χ1v) is 6.35. The van der Waals surface area contributed by atoms with Gasteiger partial charge in [-0.25, -0.2) is 0 Å². The number of hydrogen-bond donors (Lipinski definition) is 1. The highest BCUT2D eigenvalue weighted by Gasteiger charge is 2.43. The standard InChI is InChI=1S/C15H17NO3/c1-3-16-12(9-11-7-5-4-6-8-11)14(18)13(10(2)17)15(16)19/h4-8,12,17H,3,9H2,1-2H3/b13-10-. The summed E-state index contributed by atoms with van der Waals surface area (Å²) in [7, 11) is 0. The Bertz CT molecular complexity index is 530. The number of likely N-dealkylation sites (N-methyl/N-ethyl adjacent to an activating group) is 1. The Labute approximate surface area is 112 Å². The number of rotatable bonds is 3. The van der Waals surface area contributed by atoms with Gasteiger partial charge in [-0.3, -0.25) is 9.59 Å². The van der Waals surface area contributed by atoms with E-state index in [2.05, 4.69) is 0 Å². The molecular weight excluding hydrogens is 242 g/mol. The number of carbonyl (C=O) groups excluding carboxylic acids is 2. The van der Waals surface area contributed by atoms with E-state index in [0.29, 0.717) is 13.0 Å². The summed E-state index contributed by atoms with van der Waals surface area (Å²) in [4.78, 5) is 25.8. The summed E-state index contributed by atoms with van der Waals surface area (Å²) in [5, 5.41) is 9.50. The lowest BCUT2D eigenvalue weighted by molar-refractivity contribution is -0.126. The van der Waals surface area contributed by atoms with E-state index >= 15 is 0 Å². The predicted octanol–water partition coefficient (Wildman–Crippen LogP) is 1.86. The minimum absolute atomic E-state index is 0.0669. The number of likely N-dealkylation sites (tertiary alicyclic amines) is 1. The second-order valence-electron chi connectivity index (χ2n) is 4.62. The Hall–Kier alpha value is -2.10. The highest BCUT2D eigenvalue weighted by molar-refractivity contribution is 6.26. The zero-order valence-electron chi connectivity index (χ0n) is 11.1. The van der Waals surface area contributed by atoms with Gasteiger partial charge < -0.3 is 10.0 Å².